The third-order valence-corrected chi connectivity index (χ3v) is 2.74. The maximum absolute atomic E-state index is 11.3. The van der Waals surface area contributed by atoms with Crippen LogP contribution in [0.25, 0.3) is 0 Å². The van der Waals surface area contributed by atoms with Gasteiger partial charge in [-0.2, -0.15) is 0 Å². The molecule has 1 aromatic rings. The first-order valence-electron chi connectivity index (χ1n) is 5.70. The molecule has 3 N–H and O–H groups in total. The summed E-state index contributed by atoms with van der Waals surface area (Å²) in [5, 5.41) is 0. The molecule has 0 fully saturated rings. The first kappa shape index (κ1) is 14.7. The van der Waals surface area contributed by atoms with Gasteiger partial charge in [0.2, 0.25) is 0 Å². The number of nitrogen functional groups attached to an aromatic ring is 1. The molecule has 0 saturated heterocycles. The van der Waals surface area contributed by atoms with E-state index < -0.39 is 5.91 Å². The van der Waals surface area contributed by atoms with Gasteiger partial charge in [-0.3, -0.25) is 10.2 Å². The van der Waals surface area contributed by atoms with Crippen molar-refractivity contribution in [1.82, 2.24) is 5.43 Å². The van der Waals surface area contributed by atoms with E-state index in [0.717, 1.165) is 6.42 Å². The lowest BCUT2D eigenvalue weighted by Gasteiger charge is -2.22. The minimum Gasteiger partial charge on any atom is -0.459 e. The fraction of sp³-hybridized carbons (Fsp3) is 0.583. The minimum atomic E-state index is -0.462. The Labute approximate surface area is 106 Å². The number of ether oxygens (including phenoxy) is 2. The van der Waals surface area contributed by atoms with Gasteiger partial charge in [0.05, 0.1) is 18.5 Å². The third kappa shape index (κ3) is 4.14. The molecule has 18 heavy (non-hydrogen) atoms. The summed E-state index contributed by atoms with van der Waals surface area (Å²) in [6.07, 6.45) is 2.20. The number of methoxy groups -OCH3 is 1. The van der Waals surface area contributed by atoms with Crippen molar-refractivity contribution in [2.24, 2.45) is 5.84 Å². The van der Waals surface area contributed by atoms with Gasteiger partial charge in [0.1, 0.15) is 0 Å². The summed E-state index contributed by atoms with van der Waals surface area (Å²) in [6.45, 7) is 4.82. The van der Waals surface area contributed by atoms with E-state index in [9.17, 15) is 4.79 Å². The number of hydrazine groups is 1. The molecule has 1 heterocycles. The van der Waals surface area contributed by atoms with Crippen LogP contribution in [0.5, 0.6) is 0 Å². The molecule has 0 saturated carbocycles. The van der Waals surface area contributed by atoms with Gasteiger partial charge in [-0.05, 0) is 26.3 Å². The maximum atomic E-state index is 11.3. The van der Waals surface area contributed by atoms with E-state index in [1.54, 1.807) is 13.2 Å². The van der Waals surface area contributed by atoms with E-state index in [2.05, 4.69) is 0 Å². The zero-order valence-electron chi connectivity index (χ0n) is 11.0. The van der Waals surface area contributed by atoms with Crippen molar-refractivity contribution in [2.45, 2.75) is 32.5 Å². The molecule has 0 spiro atoms. The quantitative estimate of drug-likeness (QED) is 0.331. The molecule has 102 valence electrons. The number of carbonyl (C=O) groups excluding carboxylic acids is 1. The zero-order valence-corrected chi connectivity index (χ0v) is 11.0. The van der Waals surface area contributed by atoms with Crippen molar-refractivity contribution in [2.75, 3.05) is 13.7 Å². The zero-order chi connectivity index (χ0) is 13.6. The molecule has 0 atom stereocenters. The van der Waals surface area contributed by atoms with E-state index >= 15 is 0 Å². The summed E-state index contributed by atoms with van der Waals surface area (Å²) in [6, 6.07) is 1.69. The van der Waals surface area contributed by atoms with Crippen molar-refractivity contribution in [3.05, 3.63) is 23.7 Å². The summed E-state index contributed by atoms with van der Waals surface area (Å²) in [4.78, 5) is 11.3. The van der Waals surface area contributed by atoms with Crippen LogP contribution in [0.15, 0.2) is 16.7 Å². The molecule has 1 amide bonds. The molecule has 6 nitrogen and oxygen atoms in total. The molecule has 0 unspecified atom stereocenters. The van der Waals surface area contributed by atoms with E-state index in [1.807, 2.05) is 19.3 Å². The highest BCUT2D eigenvalue weighted by Crippen LogP contribution is 2.15. The summed E-state index contributed by atoms with van der Waals surface area (Å²) in [5.74, 6) is 4.77. The lowest BCUT2D eigenvalue weighted by molar-refractivity contribution is -0.0125. The second-order valence-corrected chi connectivity index (χ2v) is 4.51. The van der Waals surface area contributed by atoms with Gasteiger partial charge in [-0.25, -0.2) is 5.84 Å². The molecule has 0 aliphatic carbocycles. The predicted molar refractivity (Wildman–Crippen MR) is 65.7 cm³/mol. The summed E-state index contributed by atoms with van der Waals surface area (Å²) in [5.41, 5.74) is 2.48. The highest BCUT2D eigenvalue weighted by atomic mass is 16.5. The third-order valence-electron chi connectivity index (χ3n) is 2.74. The Hall–Kier alpha value is -1.37. The number of furan rings is 1. The summed E-state index contributed by atoms with van der Waals surface area (Å²) in [7, 11) is 1.67. The Balaban J connectivity index is 2.41. The molecule has 0 bridgehead atoms. The van der Waals surface area contributed by atoms with Crippen LogP contribution in [0.3, 0.4) is 0 Å². The molecule has 0 aliphatic heterocycles. The van der Waals surface area contributed by atoms with Gasteiger partial charge in [0, 0.05) is 19.3 Å². The maximum Gasteiger partial charge on any atom is 0.301 e. The van der Waals surface area contributed by atoms with Crippen LogP contribution in [0, 0.1) is 0 Å². The molecule has 1 aromatic heterocycles. The number of nitrogens with one attached hydrogen (secondary N) is 1. The van der Waals surface area contributed by atoms with Crippen molar-refractivity contribution in [3.8, 4) is 0 Å². The van der Waals surface area contributed by atoms with Gasteiger partial charge in [0.25, 0.3) is 0 Å². The number of rotatable bonds is 7. The van der Waals surface area contributed by atoms with Crippen molar-refractivity contribution in [1.29, 1.82) is 0 Å². The number of nitrogens with two attached hydrogens (primary N) is 1. The molecule has 6 heteroatoms. The average Bonchev–Trinajstić information content (AvgIpc) is 2.82. The van der Waals surface area contributed by atoms with Crippen LogP contribution in [-0.4, -0.2) is 25.2 Å². The van der Waals surface area contributed by atoms with Gasteiger partial charge in [0.15, 0.2) is 5.76 Å². The van der Waals surface area contributed by atoms with Crippen LogP contribution < -0.4 is 11.3 Å². The molecule has 0 radical (unpaired) electrons. The normalized spacial score (nSPS) is 11.6. The largest absolute Gasteiger partial charge is 0.459 e. The Morgan fingerprint density at radius 1 is 1.56 bits per heavy atom. The number of amides is 1. The Morgan fingerprint density at radius 2 is 2.28 bits per heavy atom. The lowest BCUT2D eigenvalue weighted by atomic mass is 10.1. The fourth-order valence-electron chi connectivity index (χ4n) is 1.32. The number of hydrogen-bond donors (Lipinski definition) is 2. The van der Waals surface area contributed by atoms with Crippen molar-refractivity contribution < 1.29 is 18.7 Å². The number of carbonyl (C=O) groups is 1. The molecule has 0 aliphatic rings. The van der Waals surface area contributed by atoms with Gasteiger partial charge >= 0.3 is 5.91 Å². The van der Waals surface area contributed by atoms with E-state index in [4.69, 9.17) is 19.7 Å². The van der Waals surface area contributed by atoms with E-state index in [0.29, 0.717) is 18.8 Å². The lowest BCUT2D eigenvalue weighted by Crippen LogP contribution is -2.30. The van der Waals surface area contributed by atoms with Gasteiger partial charge in [-0.1, -0.05) is 0 Å². The molecule has 1 rings (SSSR count). The monoisotopic (exact) mass is 256 g/mol. The van der Waals surface area contributed by atoms with E-state index in [1.165, 1.54) is 6.26 Å². The second kappa shape index (κ2) is 6.53. The first-order valence-corrected chi connectivity index (χ1v) is 5.70. The van der Waals surface area contributed by atoms with Gasteiger partial charge < -0.3 is 13.9 Å². The Bertz CT molecular complexity index is 387. The summed E-state index contributed by atoms with van der Waals surface area (Å²) >= 11 is 0. The summed E-state index contributed by atoms with van der Waals surface area (Å²) < 4.78 is 15.8. The van der Waals surface area contributed by atoms with Crippen LogP contribution in [0.4, 0.5) is 0 Å². The van der Waals surface area contributed by atoms with Gasteiger partial charge in [-0.15, -0.1) is 0 Å². The Morgan fingerprint density at radius 3 is 2.89 bits per heavy atom. The topological polar surface area (TPSA) is 86.7 Å². The average molecular weight is 256 g/mol. The van der Waals surface area contributed by atoms with Crippen LogP contribution in [0.2, 0.25) is 0 Å². The van der Waals surface area contributed by atoms with Crippen LogP contribution in [0.1, 0.15) is 36.4 Å². The second-order valence-electron chi connectivity index (χ2n) is 4.51. The van der Waals surface area contributed by atoms with Crippen LogP contribution in [-0.2, 0) is 16.1 Å². The van der Waals surface area contributed by atoms with Crippen molar-refractivity contribution >= 4 is 5.91 Å². The van der Waals surface area contributed by atoms with E-state index in [-0.39, 0.29) is 11.4 Å². The molecular formula is C12H20N2O4. The fourth-order valence-corrected chi connectivity index (χ4v) is 1.32. The predicted octanol–water partition coefficient (Wildman–Crippen LogP) is 1.21. The molecular weight excluding hydrogens is 236 g/mol. The Kier molecular flexibility index (Phi) is 5.33. The highest BCUT2D eigenvalue weighted by molar-refractivity contribution is 5.92. The SMILES string of the molecule is COC(C)(C)CCOCc1ccoc1C(=O)NN. The minimum absolute atomic E-state index is 0.184. The number of hydrogen-bond acceptors (Lipinski definition) is 5. The van der Waals surface area contributed by atoms with Crippen molar-refractivity contribution in [3.63, 3.8) is 0 Å². The van der Waals surface area contributed by atoms with Crippen LogP contribution >= 0.6 is 0 Å². The molecule has 0 aromatic carbocycles. The smallest absolute Gasteiger partial charge is 0.301 e. The highest BCUT2D eigenvalue weighted by Gasteiger charge is 2.17. The standard InChI is InChI=1S/C12H20N2O4/c1-12(2,16-3)5-7-17-8-9-4-6-18-10(9)11(15)14-13/h4,6H,5,7-8,13H2,1-3H3,(H,14,15). The first-order chi connectivity index (χ1) is 8.50.